The smallest absolute Gasteiger partial charge is 0.227 e. The first-order valence-corrected chi connectivity index (χ1v) is 10.0. The third-order valence-corrected chi connectivity index (χ3v) is 6.47. The van der Waals surface area contributed by atoms with Crippen LogP contribution in [-0.4, -0.2) is 60.0 Å². The number of hydrogen-bond donors (Lipinski definition) is 1. The molecular weight excluding hydrogens is 350 g/mol. The number of piperidine rings is 1. The molecule has 0 unspecified atom stereocenters. The lowest BCUT2D eigenvalue weighted by Crippen LogP contribution is -2.50. The Morgan fingerprint density at radius 2 is 1.85 bits per heavy atom. The molecule has 2 aliphatic carbocycles. The summed E-state index contributed by atoms with van der Waals surface area (Å²) in [6, 6.07) is 0. The minimum absolute atomic E-state index is 0.0475. The van der Waals surface area contributed by atoms with Crippen molar-refractivity contribution in [1.29, 1.82) is 0 Å². The lowest BCUT2D eigenvalue weighted by molar-refractivity contribution is -0.128. The van der Waals surface area contributed by atoms with E-state index in [0.717, 1.165) is 64.1 Å². The van der Waals surface area contributed by atoms with E-state index < -0.39 is 0 Å². The van der Waals surface area contributed by atoms with Crippen molar-refractivity contribution in [2.75, 3.05) is 38.6 Å². The van der Waals surface area contributed by atoms with Crippen LogP contribution in [0, 0.1) is 11.3 Å². The van der Waals surface area contributed by atoms with Crippen molar-refractivity contribution in [2.24, 2.45) is 11.3 Å². The molecule has 4 rings (SSSR count). The minimum Gasteiger partial charge on any atom is -0.350 e. The highest BCUT2D eigenvalue weighted by molar-refractivity contribution is 6.30. The number of aromatic nitrogens is 2. The molecule has 3 fully saturated rings. The topological polar surface area (TPSA) is 61.4 Å². The van der Waals surface area contributed by atoms with Crippen molar-refractivity contribution in [3.63, 3.8) is 0 Å². The molecule has 0 radical (unpaired) electrons. The lowest BCUT2D eigenvalue weighted by atomic mass is 9.86. The van der Waals surface area contributed by atoms with Gasteiger partial charge in [-0.2, -0.15) is 0 Å². The molecule has 1 amide bonds. The van der Waals surface area contributed by atoms with Gasteiger partial charge in [-0.25, -0.2) is 9.97 Å². The molecule has 1 aromatic rings. The molecule has 1 aliphatic heterocycles. The summed E-state index contributed by atoms with van der Waals surface area (Å²) in [6.07, 6.45) is 9.76. The molecule has 26 heavy (non-hydrogen) atoms. The van der Waals surface area contributed by atoms with Crippen LogP contribution in [0.25, 0.3) is 0 Å². The summed E-state index contributed by atoms with van der Waals surface area (Å²) < 4.78 is 0. The number of hydrogen-bond acceptors (Lipinski definition) is 5. The summed E-state index contributed by atoms with van der Waals surface area (Å²) in [5, 5.41) is 4.04. The van der Waals surface area contributed by atoms with Gasteiger partial charge in [0, 0.05) is 25.2 Å². The third kappa shape index (κ3) is 3.54. The molecule has 2 saturated carbocycles. The van der Waals surface area contributed by atoms with Crippen LogP contribution < -0.4 is 10.2 Å². The van der Waals surface area contributed by atoms with Crippen LogP contribution >= 0.6 is 11.6 Å². The van der Waals surface area contributed by atoms with Crippen LogP contribution in [0.2, 0.25) is 5.02 Å². The zero-order valence-electron chi connectivity index (χ0n) is 15.7. The van der Waals surface area contributed by atoms with E-state index in [-0.39, 0.29) is 16.9 Å². The van der Waals surface area contributed by atoms with Gasteiger partial charge in [-0.15, -0.1) is 0 Å². The molecular formula is C19H28ClN5O. The number of rotatable bonds is 6. The second-order valence-corrected chi connectivity index (χ2v) is 9.03. The first-order valence-electron chi connectivity index (χ1n) is 9.62. The predicted molar refractivity (Wildman–Crippen MR) is 102 cm³/mol. The van der Waals surface area contributed by atoms with Crippen molar-refractivity contribution < 1.29 is 4.79 Å². The van der Waals surface area contributed by atoms with Gasteiger partial charge in [-0.05, 0) is 58.5 Å². The van der Waals surface area contributed by atoms with E-state index in [9.17, 15) is 4.79 Å². The van der Waals surface area contributed by atoms with Gasteiger partial charge in [0.25, 0.3) is 0 Å². The lowest BCUT2D eigenvalue weighted by Gasteiger charge is -2.37. The zero-order chi connectivity index (χ0) is 18.4. The molecule has 3 aliphatic rings. The summed E-state index contributed by atoms with van der Waals surface area (Å²) in [6.45, 7) is 2.74. The Labute approximate surface area is 160 Å². The summed E-state index contributed by atoms with van der Waals surface area (Å²) in [5.74, 6) is 1.60. The Bertz CT molecular complexity index is 661. The van der Waals surface area contributed by atoms with Crippen molar-refractivity contribution in [1.82, 2.24) is 20.2 Å². The Morgan fingerprint density at radius 3 is 2.35 bits per heavy atom. The average molecular weight is 378 g/mol. The van der Waals surface area contributed by atoms with E-state index in [1.165, 1.54) is 0 Å². The van der Waals surface area contributed by atoms with E-state index in [0.29, 0.717) is 10.9 Å². The van der Waals surface area contributed by atoms with E-state index in [1.807, 2.05) is 0 Å². The summed E-state index contributed by atoms with van der Waals surface area (Å²) in [4.78, 5) is 25.9. The van der Waals surface area contributed by atoms with Crippen LogP contribution in [0.5, 0.6) is 0 Å². The van der Waals surface area contributed by atoms with Crippen LogP contribution in [0.15, 0.2) is 12.4 Å². The maximum Gasteiger partial charge on any atom is 0.227 e. The highest BCUT2D eigenvalue weighted by Gasteiger charge is 2.56. The van der Waals surface area contributed by atoms with Crippen LogP contribution in [0.4, 0.5) is 5.95 Å². The fraction of sp³-hybridized carbons (Fsp3) is 0.737. The Hall–Kier alpha value is -1.40. The highest BCUT2D eigenvalue weighted by atomic mass is 35.5. The molecule has 1 N–H and O–H groups in total. The largest absolute Gasteiger partial charge is 0.350 e. The fourth-order valence-corrected chi connectivity index (χ4v) is 4.54. The number of nitrogens with zero attached hydrogens (tertiary/aromatic N) is 4. The van der Waals surface area contributed by atoms with Gasteiger partial charge in [0.15, 0.2) is 0 Å². The number of carbonyl (C=O) groups is 1. The van der Waals surface area contributed by atoms with Gasteiger partial charge in [-0.1, -0.05) is 11.6 Å². The molecule has 0 bridgehead atoms. The van der Waals surface area contributed by atoms with E-state index in [1.54, 1.807) is 12.4 Å². The monoisotopic (exact) mass is 377 g/mol. The van der Waals surface area contributed by atoms with Crippen molar-refractivity contribution in [3.8, 4) is 0 Å². The van der Waals surface area contributed by atoms with Crippen molar-refractivity contribution in [2.45, 2.75) is 44.1 Å². The van der Waals surface area contributed by atoms with Gasteiger partial charge in [0.2, 0.25) is 11.9 Å². The summed E-state index contributed by atoms with van der Waals surface area (Å²) in [5.41, 5.74) is -0.0805. The maximum atomic E-state index is 12.9. The normalized spacial score (nSPS) is 23.8. The van der Waals surface area contributed by atoms with Gasteiger partial charge < -0.3 is 15.1 Å². The molecule has 0 spiro atoms. The van der Waals surface area contributed by atoms with Gasteiger partial charge in [0.1, 0.15) is 0 Å². The summed E-state index contributed by atoms with van der Waals surface area (Å²) in [7, 11) is 4.10. The van der Waals surface area contributed by atoms with Gasteiger partial charge in [-0.3, -0.25) is 4.79 Å². The van der Waals surface area contributed by atoms with Gasteiger partial charge >= 0.3 is 0 Å². The minimum atomic E-state index is -0.128. The van der Waals surface area contributed by atoms with Crippen LogP contribution in [0.1, 0.15) is 38.5 Å². The molecule has 6 nitrogen and oxygen atoms in total. The van der Waals surface area contributed by atoms with Crippen molar-refractivity contribution >= 4 is 23.5 Å². The highest BCUT2D eigenvalue weighted by Crippen LogP contribution is 2.51. The van der Waals surface area contributed by atoms with E-state index in [4.69, 9.17) is 11.6 Å². The quantitative estimate of drug-likeness (QED) is 0.824. The number of amides is 1. The van der Waals surface area contributed by atoms with E-state index >= 15 is 0 Å². The number of carbonyl (C=O) groups excluding carboxylic acids is 1. The van der Waals surface area contributed by atoms with E-state index in [2.05, 4.69) is 39.2 Å². The maximum absolute atomic E-state index is 12.9. The summed E-state index contributed by atoms with van der Waals surface area (Å²) >= 11 is 5.88. The van der Waals surface area contributed by atoms with Crippen LogP contribution in [-0.2, 0) is 4.79 Å². The molecule has 7 heteroatoms. The van der Waals surface area contributed by atoms with Crippen LogP contribution in [0.3, 0.4) is 0 Å². The first kappa shape index (κ1) is 18.0. The number of halogens is 1. The first-order chi connectivity index (χ1) is 12.4. The second-order valence-electron chi connectivity index (χ2n) is 8.59. The second kappa shape index (κ2) is 6.64. The average Bonchev–Trinajstić information content (AvgIpc) is 3.53. The molecule has 0 aromatic carbocycles. The zero-order valence-corrected chi connectivity index (χ0v) is 16.4. The van der Waals surface area contributed by atoms with Crippen molar-refractivity contribution in [3.05, 3.63) is 17.4 Å². The van der Waals surface area contributed by atoms with Gasteiger partial charge in [0.05, 0.1) is 22.8 Å². The SMILES string of the molecule is CN(C)CC1(C(=O)NC2(C3CCN(c4ncc(Cl)cn4)CC3)CC2)CC1. The number of nitrogens with one attached hydrogen (secondary N) is 1. The number of anilines is 1. The molecule has 142 valence electrons. The Morgan fingerprint density at radius 1 is 1.23 bits per heavy atom. The third-order valence-electron chi connectivity index (χ3n) is 6.27. The molecule has 1 saturated heterocycles. The molecule has 2 heterocycles. The standard InChI is InChI=1S/C19H28ClN5O/c1-24(2)13-18(5-6-18)16(26)23-19(7-8-19)14-3-9-25(10-4-14)17-21-11-15(20)12-22-17/h11-12,14H,3-10,13H2,1-2H3,(H,23,26). The predicted octanol–water partition coefficient (Wildman–Crippen LogP) is 2.34. The fourth-order valence-electron chi connectivity index (χ4n) is 4.44. The Balaban J connectivity index is 1.34. The Kier molecular flexibility index (Phi) is 4.59. The molecule has 1 aromatic heterocycles. The molecule has 0 atom stereocenters.